The number of aryl methyl sites for hydroxylation is 2. The van der Waals surface area contributed by atoms with E-state index in [1.807, 2.05) is 75.6 Å². The monoisotopic (exact) mass is 437 g/mol. The molecule has 3 aromatic rings. The van der Waals surface area contributed by atoms with Gasteiger partial charge < -0.3 is 4.74 Å². The van der Waals surface area contributed by atoms with Gasteiger partial charge in [-0.3, -0.25) is 14.9 Å². The van der Waals surface area contributed by atoms with Crippen molar-refractivity contribution in [3.05, 3.63) is 75.8 Å². The van der Waals surface area contributed by atoms with Crippen LogP contribution in [0.25, 0.3) is 5.69 Å². The van der Waals surface area contributed by atoms with Crippen LogP contribution in [-0.2, 0) is 4.74 Å². The zero-order chi connectivity index (χ0) is 22.3. The molecular weight excluding hydrogens is 414 g/mol. The first-order chi connectivity index (χ1) is 14.6. The molecule has 1 aromatic heterocycles. The SMILES string of the molecule is Cc1ccc2c(c1)C(c1ccc(Cl)cc1)=NC(NC(=O)OC(C)(C)C)c1nnc(C)n1-2. The fraction of sp³-hybridized carbons (Fsp3) is 0.304. The third-order valence-corrected chi connectivity index (χ3v) is 5.02. The average molecular weight is 438 g/mol. The summed E-state index contributed by atoms with van der Waals surface area (Å²) < 4.78 is 7.38. The number of amides is 1. The van der Waals surface area contributed by atoms with Crippen LogP contribution in [0, 0.1) is 13.8 Å². The highest BCUT2D eigenvalue weighted by Crippen LogP contribution is 2.31. The number of aliphatic imine (C=N–C) groups is 1. The summed E-state index contributed by atoms with van der Waals surface area (Å²) in [6.07, 6.45) is -1.36. The maximum Gasteiger partial charge on any atom is 0.409 e. The van der Waals surface area contributed by atoms with Crippen LogP contribution in [0.15, 0.2) is 47.5 Å². The molecular formula is C23H24ClN5O2. The minimum absolute atomic E-state index is 0.512. The van der Waals surface area contributed by atoms with Crippen molar-refractivity contribution in [1.82, 2.24) is 20.1 Å². The fourth-order valence-electron chi connectivity index (χ4n) is 3.50. The Morgan fingerprint density at radius 2 is 1.81 bits per heavy atom. The fourth-order valence-corrected chi connectivity index (χ4v) is 3.62. The Kier molecular flexibility index (Phi) is 5.31. The summed E-state index contributed by atoms with van der Waals surface area (Å²) in [5, 5.41) is 12.0. The lowest BCUT2D eigenvalue weighted by molar-refractivity contribution is 0.0503. The number of nitrogens with zero attached hydrogens (tertiary/aromatic N) is 4. The molecule has 0 saturated heterocycles. The van der Waals surface area contributed by atoms with Gasteiger partial charge in [0.2, 0.25) is 0 Å². The summed E-state index contributed by atoms with van der Waals surface area (Å²) in [6, 6.07) is 13.6. The number of carbonyl (C=O) groups excluding carboxylic acids is 1. The minimum Gasteiger partial charge on any atom is -0.444 e. The van der Waals surface area contributed by atoms with Gasteiger partial charge in [-0.2, -0.15) is 0 Å². The van der Waals surface area contributed by atoms with Gasteiger partial charge in [0.15, 0.2) is 12.0 Å². The molecule has 31 heavy (non-hydrogen) atoms. The number of ether oxygens (including phenoxy) is 1. The highest BCUT2D eigenvalue weighted by atomic mass is 35.5. The number of fused-ring (bicyclic) bond motifs is 3. The second-order valence-corrected chi connectivity index (χ2v) is 8.93. The molecule has 2 heterocycles. The van der Waals surface area contributed by atoms with Crippen molar-refractivity contribution < 1.29 is 9.53 Å². The first-order valence-corrected chi connectivity index (χ1v) is 10.4. The Morgan fingerprint density at radius 1 is 1.10 bits per heavy atom. The quantitative estimate of drug-likeness (QED) is 0.617. The number of hydrogen-bond acceptors (Lipinski definition) is 5. The first kappa shape index (κ1) is 21.1. The first-order valence-electron chi connectivity index (χ1n) is 9.99. The smallest absolute Gasteiger partial charge is 0.409 e. The second-order valence-electron chi connectivity index (χ2n) is 8.49. The Morgan fingerprint density at radius 3 is 2.48 bits per heavy atom. The van der Waals surface area contributed by atoms with E-state index in [1.54, 1.807) is 0 Å². The summed E-state index contributed by atoms with van der Waals surface area (Å²) in [5.41, 5.74) is 3.86. The van der Waals surface area contributed by atoms with Crippen LogP contribution in [0.1, 0.15) is 55.3 Å². The predicted octanol–water partition coefficient (Wildman–Crippen LogP) is 4.91. The highest BCUT2D eigenvalue weighted by molar-refractivity contribution is 6.30. The van der Waals surface area contributed by atoms with Gasteiger partial charge in [0.1, 0.15) is 11.4 Å². The van der Waals surface area contributed by atoms with Crippen LogP contribution < -0.4 is 5.32 Å². The summed E-state index contributed by atoms with van der Waals surface area (Å²) in [6.45, 7) is 9.34. The molecule has 1 amide bonds. The van der Waals surface area contributed by atoms with Gasteiger partial charge in [-0.05, 0) is 58.9 Å². The molecule has 0 saturated carbocycles. The number of hydrogen-bond donors (Lipinski definition) is 1. The lowest BCUT2D eigenvalue weighted by atomic mass is 9.98. The molecule has 7 nitrogen and oxygen atoms in total. The number of alkyl carbamates (subject to hydrolysis) is 1. The van der Waals surface area contributed by atoms with E-state index in [1.165, 1.54) is 0 Å². The van der Waals surface area contributed by atoms with Crippen LogP contribution >= 0.6 is 11.6 Å². The lowest BCUT2D eigenvalue weighted by Gasteiger charge is -2.21. The minimum atomic E-state index is -0.783. The van der Waals surface area contributed by atoms with Gasteiger partial charge in [0, 0.05) is 16.1 Å². The number of carbonyl (C=O) groups is 1. The average Bonchev–Trinajstić information content (AvgIpc) is 3.00. The maximum absolute atomic E-state index is 12.6. The number of halogens is 1. The number of rotatable bonds is 2. The van der Waals surface area contributed by atoms with Gasteiger partial charge in [0.25, 0.3) is 0 Å². The third-order valence-electron chi connectivity index (χ3n) is 4.77. The molecule has 4 rings (SSSR count). The van der Waals surface area contributed by atoms with Crippen LogP contribution in [-0.4, -0.2) is 32.2 Å². The molecule has 0 bridgehead atoms. The zero-order valence-electron chi connectivity index (χ0n) is 18.1. The number of benzene rings is 2. The van der Waals surface area contributed by atoms with Crippen LogP contribution in [0.5, 0.6) is 0 Å². The summed E-state index contributed by atoms with van der Waals surface area (Å²) in [7, 11) is 0. The zero-order valence-corrected chi connectivity index (χ0v) is 18.9. The highest BCUT2D eigenvalue weighted by Gasteiger charge is 2.30. The van der Waals surface area contributed by atoms with Gasteiger partial charge in [-0.25, -0.2) is 4.79 Å². The van der Waals surface area contributed by atoms with E-state index in [0.29, 0.717) is 16.7 Å². The third kappa shape index (κ3) is 4.32. The molecule has 1 aliphatic rings. The van der Waals surface area contributed by atoms with Crippen molar-refractivity contribution in [3.8, 4) is 5.69 Å². The van der Waals surface area contributed by atoms with Crippen molar-refractivity contribution >= 4 is 23.4 Å². The van der Waals surface area contributed by atoms with Crippen molar-refractivity contribution in [2.24, 2.45) is 4.99 Å². The van der Waals surface area contributed by atoms with E-state index in [2.05, 4.69) is 21.6 Å². The van der Waals surface area contributed by atoms with Crippen molar-refractivity contribution in [2.75, 3.05) is 0 Å². The largest absolute Gasteiger partial charge is 0.444 e. The maximum atomic E-state index is 12.6. The molecule has 0 aliphatic carbocycles. The topological polar surface area (TPSA) is 81.4 Å². The van der Waals surface area contributed by atoms with E-state index in [4.69, 9.17) is 21.3 Å². The Bertz CT molecular complexity index is 1180. The molecule has 2 aromatic carbocycles. The van der Waals surface area contributed by atoms with Gasteiger partial charge >= 0.3 is 6.09 Å². The van der Waals surface area contributed by atoms with E-state index >= 15 is 0 Å². The molecule has 1 aliphatic heterocycles. The van der Waals surface area contributed by atoms with Crippen molar-refractivity contribution in [2.45, 2.75) is 46.4 Å². The van der Waals surface area contributed by atoms with E-state index in [-0.39, 0.29) is 0 Å². The van der Waals surface area contributed by atoms with Crippen LogP contribution in [0.3, 0.4) is 0 Å². The van der Waals surface area contributed by atoms with Crippen molar-refractivity contribution in [1.29, 1.82) is 0 Å². The molecule has 1 N–H and O–H groups in total. The number of aromatic nitrogens is 3. The van der Waals surface area contributed by atoms with Crippen molar-refractivity contribution in [3.63, 3.8) is 0 Å². The molecule has 0 radical (unpaired) electrons. The van der Waals surface area contributed by atoms with E-state index in [9.17, 15) is 4.79 Å². The Balaban J connectivity index is 1.90. The normalized spacial score (nSPS) is 15.4. The summed E-state index contributed by atoms with van der Waals surface area (Å²) in [4.78, 5) is 17.5. The second kappa shape index (κ2) is 7.81. The van der Waals surface area contributed by atoms with Crippen LogP contribution in [0.2, 0.25) is 5.02 Å². The summed E-state index contributed by atoms with van der Waals surface area (Å²) in [5.74, 6) is 1.21. The van der Waals surface area contributed by atoms with Gasteiger partial charge in [-0.1, -0.05) is 35.4 Å². The molecule has 8 heteroatoms. The standard InChI is InChI=1S/C23H24ClN5O2/c1-13-6-11-18-17(12-13)19(15-7-9-16(24)10-8-15)25-20(21-28-27-14(2)29(18)21)26-22(30)31-23(3,4)5/h6-12,20H,1-5H3,(H,26,30). The van der Waals surface area contributed by atoms with Gasteiger partial charge in [0.05, 0.1) is 11.4 Å². The lowest BCUT2D eigenvalue weighted by Crippen LogP contribution is -2.35. The summed E-state index contributed by atoms with van der Waals surface area (Å²) >= 11 is 6.11. The number of nitrogens with one attached hydrogen (secondary N) is 1. The molecule has 1 unspecified atom stereocenters. The molecule has 160 valence electrons. The Labute approximate surface area is 186 Å². The van der Waals surface area contributed by atoms with E-state index in [0.717, 1.165) is 28.1 Å². The molecule has 1 atom stereocenters. The molecule has 0 fully saturated rings. The van der Waals surface area contributed by atoms with Gasteiger partial charge in [-0.15, -0.1) is 10.2 Å². The Hall–Kier alpha value is -3.19. The molecule has 0 spiro atoms. The predicted molar refractivity (Wildman–Crippen MR) is 120 cm³/mol. The van der Waals surface area contributed by atoms with E-state index < -0.39 is 17.9 Å². The van der Waals surface area contributed by atoms with Crippen LogP contribution in [0.4, 0.5) is 4.79 Å².